The Balaban J connectivity index is 1.37. The molecule has 0 aliphatic carbocycles. The van der Waals surface area contributed by atoms with Crippen LogP contribution in [0.3, 0.4) is 0 Å². The van der Waals surface area contributed by atoms with Crippen LogP contribution in [0.15, 0.2) is 54.6 Å². The lowest BCUT2D eigenvalue weighted by Gasteiger charge is -2.10. The van der Waals surface area contributed by atoms with Crippen LogP contribution in [0.2, 0.25) is 0 Å². The number of fused-ring (bicyclic) bond motifs is 1. The minimum Gasteiger partial charge on any atom is -0.368 e. The lowest BCUT2D eigenvalue weighted by atomic mass is 10.1. The van der Waals surface area contributed by atoms with Crippen molar-refractivity contribution in [2.24, 2.45) is 0 Å². The minimum atomic E-state index is -0.0928. The van der Waals surface area contributed by atoms with Gasteiger partial charge in [-0.15, -0.1) is 0 Å². The van der Waals surface area contributed by atoms with Gasteiger partial charge in [0.15, 0.2) is 5.82 Å². The van der Waals surface area contributed by atoms with Crippen molar-refractivity contribution in [2.75, 3.05) is 18.4 Å². The first kappa shape index (κ1) is 19.6. The van der Waals surface area contributed by atoms with E-state index in [1.807, 2.05) is 75.4 Å². The van der Waals surface area contributed by atoms with E-state index in [2.05, 4.69) is 25.7 Å². The summed E-state index contributed by atoms with van der Waals surface area (Å²) < 4.78 is 1.80. The number of amides is 1. The van der Waals surface area contributed by atoms with Gasteiger partial charge >= 0.3 is 0 Å². The molecule has 4 rings (SSSR count). The van der Waals surface area contributed by atoms with Gasteiger partial charge in [-0.25, -0.2) is 14.6 Å². The van der Waals surface area contributed by atoms with Gasteiger partial charge in [-0.1, -0.05) is 30.3 Å². The number of aromatic nitrogens is 4. The normalized spacial score (nSPS) is 10.9. The smallest absolute Gasteiger partial charge is 0.251 e. The highest BCUT2D eigenvalue weighted by Gasteiger charge is 2.09. The van der Waals surface area contributed by atoms with E-state index in [-0.39, 0.29) is 5.91 Å². The molecule has 1 amide bonds. The van der Waals surface area contributed by atoms with Crippen molar-refractivity contribution in [3.8, 4) is 5.82 Å². The Bertz CT molecular complexity index is 1210. The Kier molecular flexibility index (Phi) is 5.43. The fourth-order valence-electron chi connectivity index (χ4n) is 3.41. The summed E-state index contributed by atoms with van der Waals surface area (Å²) in [6.45, 7) is 6.82. The number of rotatable bonds is 6. The fourth-order valence-corrected chi connectivity index (χ4v) is 3.41. The molecule has 0 atom stereocenters. The topological polar surface area (TPSA) is 84.7 Å². The molecule has 2 N–H and O–H groups in total. The molecule has 0 saturated heterocycles. The Labute approximate surface area is 175 Å². The van der Waals surface area contributed by atoms with Crippen LogP contribution in [0.1, 0.15) is 27.6 Å². The van der Waals surface area contributed by atoms with Crippen molar-refractivity contribution in [1.82, 2.24) is 25.1 Å². The number of nitrogens with one attached hydrogen (secondary N) is 2. The maximum atomic E-state index is 12.5. The maximum absolute atomic E-state index is 12.5. The second-order valence-corrected chi connectivity index (χ2v) is 7.24. The Morgan fingerprint density at radius 3 is 2.50 bits per heavy atom. The predicted octanol–water partition coefficient (Wildman–Crippen LogP) is 3.58. The third-order valence-electron chi connectivity index (χ3n) is 4.78. The third kappa shape index (κ3) is 4.30. The molecule has 4 aromatic rings. The zero-order chi connectivity index (χ0) is 21.1. The average Bonchev–Trinajstić information content (AvgIpc) is 3.08. The second-order valence-electron chi connectivity index (χ2n) is 7.24. The SMILES string of the molecule is Cc1cc(C)n(-c2cc(NCCNC(=O)c3ccc4ccccc4c3)nc(C)n2)n1. The minimum absolute atomic E-state index is 0.0928. The van der Waals surface area contributed by atoms with E-state index >= 15 is 0 Å². The van der Waals surface area contributed by atoms with Gasteiger partial charge in [-0.2, -0.15) is 5.10 Å². The molecule has 0 aliphatic rings. The van der Waals surface area contributed by atoms with Gasteiger partial charge in [-0.05, 0) is 49.7 Å². The number of benzene rings is 2. The van der Waals surface area contributed by atoms with Gasteiger partial charge < -0.3 is 10.6 Å². The molecule has 0 radical (unpaired) electrons. The van der Waals surface area contributed by atoms with E-state index in [4.69, 9.17) is 0 Å². The summed E-state index contributed by atoms with van der Waals surface area (Å²) >= 11 is 0. The summed E-state index contributed by atoms with van der Waals surface area (Å²) in [6, 6.07) is 17.6. The van der Waals surface area contributed by atoms with E-state index in [9.17, 15) is 4.79 Å². The van der Waals surface area contributed by atoms with Gasteiger partial charge in [0.25, 0.3) is 5.91 Å². The monoisotopic (exact) mass is 400 g/mol. The highest BCUT2D eigenvalue weighted by molar-refractivity contribution is 5.98. The molecule has 7 nitrogen and oxygen atoms in total. The zero-order valence-electron chi connectivity index (χ0n) is 17.3. The summed E-state index contributed by atoms with van der Waals surface area (Å²) in [6.07, 6.45) is 0. The Morgan fingerprint density at radius 1 is 0.933 bits per heavy atom. The number of anilines is 1. The average molecular weight is 400 g/mol. The summed E-state index contributed by atoms with van der Waals surface area (Å²) in [5.41, 5.74) is 2.60. The van der Waals surface area contributed by atoms with Gasteiger partial charge in [0, 0.05) is 30.4 Å². The number of hydrogen-bond acceptors (Lipinski definition) is 5. The first-order chi connectivity index (χ1) is 14.5. The van der Waals surface area contributed by atoms with E-state index in [0.29, 0.717) is 30.3 Å². The van der Waals surface area contributed by atoms with Crippen molar-refractivity contribution in [3.63, 3.8) is 0 Å². The largest absolute Gasteiger partial charge is 0.368 e. The van der Waals surface area contributed by atoms with Crippen molar-refractivity contribution in [2.45, 2.75) is 20.8 Å². The lowest BCUT2D eigenvalue weighted by Crippen LogP contribution is -2.29. The molecule has 7 heteroatoms. The Morgan fingerprint density at radius 2 is 1.73 bits per heavy atom. The van der Waals surface area contributed by atoms with Gasteiger partial charge in [-0.3, -0.25) is 4.79 Å². The number of carbonyl (C=O) groups excluding carboxylic acids is 1. The standard InChI is InChI=1S/C23H24N6O/c1-15-12-16(2)29(28-15)22-14-21(26-17(3)27-22)24-10-11-25-23(30)20-9-8-18-6-4-5-7-19(18)13-20/h4-9,12-14H,10-11H2,1-3H3,(H,25,30)(H,24,26,27). The van der Waals surface area contributed by atoms with Crippen LogP contribution < -0.4 is 10.6 Å². The highest BCUT2D eigenvalue weighted by atomic mass is 16.1. The van der Waals surface area contributed by atoms with Crippen LogP contribution >= 0.6 is 0 Å². The first-order valence-electron chi connectivity index (χ1n) is 9.90. The van der Waals surface area contributed by atoms with Crippen LogP contribution in [0, 0.1) is 20.8 Å². The number of nitrogens with zero attached hydrogens (tertiary/aromatic N) is 4. The van der Waals surface area contributed by atoms with Crippen molar-refractivity contribution in [1.29, 1.82) is 0 Å². The molecular formula is C23H24N6O. The maximum Gasteiger partial charge on any atom is 0.251 e. The molecule has 152 valence electrons. The fraction of sp³-hybridized carbons (Fsp3) is 0.217. The van der Waals surface area contributed by atoms with Crippen LogP contribution in [0.25, 0.3) is 16.6 Å². The lowest BCUT2D eigenvalue weighted by molar-refractivity contribution is 0.0955. The van der Waals surface area contributed by atoms with E-state index in [0.717, 1.165) is 28.0 Å². The van der Waals surface area contributed by atoms with Crippen molar-refractivity contribution in [3.05, 3.63) is 77.4 Å². The quantitative estimate of drug-likeness (QED) is 0.483. The summed E-state index contributed by atoms with van der Waals surface area (Å²) in [5, 5.41) is 12.8. The van der Waals surface area contributed by atoms with Crippen molar-refractivity contribution < 1.29 is 4.79 Å². The van der Waals surface area contributed by atoms with Crippen LogP contribution in [-0.4, -0.2) is 38.7 Å². The Hall–Kier alpha value is -3.74. The van der Waals surface area contributed by atoms with Gasteiger partial charge in [0.2, 0.25) is 0 Å². The molecule has 30 heavy (non-hydrogen) atoms. The molecule has 2 aromatic heterocycles. The van der Waals surface area contributed by atoms with Crippen molar-refractivity contribution >= 4 is 22.5 Å². The number of aryl methyl sites for hydroxylation is 3. The summed E-state index contributed by atoms with van der Waals surface area (Å²) in [4.78, 5) is 21.4. The molecule has 0 saturated carbocycles. The van der Waals surface area contributed by atoms with Crippen LogP contribution in [0.4, 0.5) is 5.82 Å². The molecule has 0 bridgehead atoms. The molecule has 0 fully saturated rings. The van der Waals surface area contributed by atoms with Gasteiger partial charge in [0.1, 0.15) is 11.6 Å². The molecule has 2 heterocycles. The molecule has 0 spiro atoms. The molecule has 2 aromatic carbocycles. The molecule has 0 unspecified atom stereocenters. The molecular weight excluding hydrogens is 376 g/mol. The van der Waals surface area contributed by atoms with Crippen LogP contribution in [-0.2, 0) is 0 Å². The van der Waals surface area contributed by atoms with E-state index < -0.39 is 0 Å². The van der Waals surface area contributed by atoms with E-state index in [1.165, 1.54) is 0 Å². The highest BCUT2D eigenvalue weighted by Crippen LogP contribution is 2.16. The second kappa shape index (κ2) is 8.32. The van der Waals surface area contributed by atoms with Gasteiger partial charge in [0.05, 0.1) is 5.69 Å². The van der Waals surface area contributed by atoms with E-state index in [1.54, 1.807) is 4.68 Å². The summed E-state index contributed by atoms with van der Waals surface area (Å²) in [7, 11) is 0. The third-order valence-corrected chi connectivity index (χ3v) is 4.78. The van der Waals surface area contributed by atoms with Crippen LogP contribution in [0.5, 0.6) is 0 Å². The summed E-state index contributed by atoms with van der Waals surface area (Å²) in [5.74, 6) is 1.98. The first-order valence-corrected chi connectivity index (χ1v) is 9.90. The zero-order valence-corrected chi connectivity index (χ0v) is 17.3. The number of hydrogen-bond donors (Lipinski definition) is 2. The number of carbonyl (C=O) groups is 1. The molecule has 0 aliphatic heterocycles. The predicted molar refractivity (Wildman–Crippen MR) is 118 cm³/mol.